The van der Waals surface area contributed by atoms with Crippen LogP contribution in [0, 0.1) is 13.8 Å². The zero-order chi connectivity index (χ0) is 26.0. The number of pyridine rings is 1. The highest BCUT2D eigenvalue weighted by Gasteiger charge is 2.22. The van der Waals surface area contributed by atoms with Gasteiger partial charge in [0.1, 0.15) is 18.1 Å². The van der Waals surface area contributed by atoms with E-state index in [1.807, 2.05) is 30.3 Å². The summed E-state index contributed by atoms with van der Waals surface area (Å²) in [5, 5.41) is 3.84. The fourth-order valence-electron chi connectivity index (χ4n) is 4.61. The lowest BCUT2D eigenvalue weighted by atomic mass is 9.94. The van der Waals surface area contributed by atoms with Gasteiger partial charge in [-0.1, -0.05) is 54.5 Å². The van der Waals surface area contributed by atoms with E-state index < -0.39 is 10.0 Å². The monoisotopic (exact) mass is 517 g/mol. The zero-order valence-electron chi connectivity index (χ0n) is 21.4. The van der Waals surface area contributed by atoms with Crippen molar-refractivity contribution in [3.63, 3.8) is 0 Å². The molecule has 7 nitrogen and oxygen atoms in total. The molecule has 0 unspecified atom stereocenters. The van der Waals surface area contributed by atoms with Crippen LogP contribution in [-0.4, -0.2) is 18.6 Å². The summed E-state index contributed by atoms with van der Waals surface area (Å²) >= 11 is 0. The molecule has 0 amide bonds. The Hall–Kier alpha value is -3.65. The summed E-state index contributed by atoms with van der Waals surface area (Å²) < 4.78 is 40.4. The summed E-state index contributed by atoms with van der Waals surface area (Å²) in [5.41, 5.74) is 6.56. The van der Waals surface area contributed by atoms with Crippen molar-refractivity contribution in [3.05, 3.63) is 88.4 Å². The summed E-state index contributed by atoms with van der Waals surface area (Å²) in [6.45, 7) is 6.06. The fraction of sp³-hybridized carbons (Fsp3) is 0.310. The Kier molecular flexibility index (Phi) is 7.02. The highest BCUT2D eigenvalue weighted by atomic mass is 32.2. The lowest BCUT2D eigenvalue weighted by Gasteiger charge is -2.20. The van der Waals surface area contributed by atoms with Crippen molar-refractivity contribution >= 4 is 15.8 Å². The summed E-state index contributed by atoms with van der Waals surface area (Å²) in [6.07, 6.45) is 5.25. The number of aromatic nitrogens is 2. The largest absolute Gasteiger partial charge is 0.488 e. The van der Waals surface area contributed by atoms with Gasteiger partial charge in [-0.15, -0.1) is 0 Å². The van der Waals surface area contributed by atoms with E-state index >= 15 is 0 Å². The third-order valence-corrected chi connectivity index (χ3v) is 8.30. The first-order valence-corrected chi connectivity index (χ1v) is 14.1. The lowest BCUT2D eigenvalue weighted by Crippen LogP contribution is -2.15. The van der Waals surface area contributed by atoms with Crippen LogP contribution < -0.4 is 9.46 Å². The van der Waals surface area contributed by atoms with E-state index in [2.05, 4.69) is 22.9 Å². The minimum Gasteiger partial charge on any atom is -0.488 e. The molecule has 192 valence electrons. The number of hydrogen-bond acceptors (Lipinski definition) is 6. The van der Waals surface area contributed by atoms with E-state index in [-0.39, 0.29) is 10.7 Å². The Morgan fingerprint density at radius 2 is 1.78 bits per heavy atom. The SMILES string of the molecule is CCc1cc(OCc2ccc(-c3ccccc3S(=O)(=O)Nc3noc(C)c3C)cc2)c2c(n1)CCCC2. The Morgan fingerprint density at radius 3 is 2.51 bits per heavy atom. The normalized spacial score (nSPS) is 13.3. The molecular formula is C29H31N3O4S. The number of fused-ring (bicyclic) bond motifs is 1. The van der Waals surface area contributed by atoms with E-state index in [1.165, 1.54) is 17.7 Å². The van der Waals surface area contributed by atoms with Crippen LogP contribution in [0.25, 0.3) is 11.1 Å². The molecule has 0 aliphatic heterocycles. The van der Waals surface area contributed by atoms with E-state index in [0.29, 0.717) is 23.5 Å². The van der Waals surface area contributed by atoms with E-state index in [0.717, 1.165) is 48.3 Å². The zero-order valence-corrected chi connectivity index (χ0v) is 22.2. The van der Waals surface area contributed by atoms with E-state index in [4.69, 9.17) is 14.2 Å². The molecule has 37 heavy (non-hydrogen) atoms. The van der Waals surface area contributed by atoms with Crippen LogP contribution in [0.15, 0.2) is 64.0 Å². The molecule has 1 aliphatic carbocycles. The van der Waals surface area contributed by atoms with Crippen molar-refractivity contribution in [1.29, 1.82) is 0 Å². The van der Waals surface area contributed by atoms with Crippen molar-refractivity contribution in [2.75, 3.05) is 4.72 Å². The molecule has 0 bridgehead atoms. The van der Waals surface area contributed by atoms with Gasteiger partial charge in [0.25, 0.3) is 10.0 Å². The molecule has 2 aromatic heterocycles. The van der Waals surface area contributed by atoms with Gasteiger partial charge in [0.2, 0.25) is 0 Å². The predicted octanol–water partition coefficient (Wildman–Crippen LogP) is 6.17. The van der Waals surface area contributed by atoms with Crippen LogP contribution in [0.5, 0.6) is 5.75 Å². The Morgan fingerprint density at radius 1 is 1.03 bits per heavy atom. The molecule has 0 atom stereocenters. The van der Waals surface area contributed by atoms with Gasteiger partial charge >= 0.3 is 0 Å². The first-order valence-electron chi connectivity index (χ1n) is 12.6. The number of rotatable bonds is 8. The number of nitrogens with zero attached hydrogens (tertiary/aromatic N) is 2. The Balaban J connectivity index is 1.36. The van der Waals surface area contributed by atoms with Gasteiger partial charge in [-0.25, -0.2) is 8.42 Å². The van der Waals surface area contributed by atoms with E-state index in [9.17, 15) is 8.42 Å². The van der Waals surface area contributed by atoms with Crippen molar-refractivity contribution < 1.29 is 17.7 Å². The maximum Gasteiger partial charge on any atom is 0.263 e. The summed E-state index contributed by atoms with van der Waals surface area (Å²) in [6, 6.07) is 16.8. The van der Waals surface area contributed by atoms with Crippen molar-refractivity contribution in [1.82, 2.24) is 10.1 Å². The van der Waals surface area contributed by atoms with Gasteiger partial charge in [-0.2, -0.15) is 0 Å². The van der Waals surface area contributed by atoms with Crippen LogP contribution in [0.2, 0.25) is 0 Å². The Labute approximate surface area is 217 Å². The molecule has 8 heteroatoms. The third kappa shape index (κ3) is 5.25. The molecular weight excluding hydrogens is 486 g/mol. The molecule has 2 aromatic carbocycles. The van der Waals surface area contributed by atoms with Crippen LogP contribution in [0.4, 0.5) is 5.82 Å². The summed E-state index contributed by atoms with van der Waals surface area (Å²) in [7, 11) is -3.88. The molecule has 0 saturated carbocycles. The second-order valence-electron chi connectivity index (χ2n) is 9.40. The van der Waals surface area contributed by atoms with Crippen LogP contribution in [0.3, 0.4) is 0 Å². The molecule has 0 saturated heterocycles. The molecule has 0 fully saturated rings. The summed E-state index contributed by atoms with van der Waals surface area (Å²) in [5.74, 6) is 1.71. The lowest BCUT2D eigenvalue weighted by molar-refractivity contribution is 0.300. The van der Waals surface area contributed by atoms with Crippen LogP contribution in [0.1, 0.15) is 53.6 Å². The van der Waals surface area contributed by atoms with Gasteiger partial charge in [0, 0.05) is 34.1 Å². The molecule has 1 aliphatic rings. The van der Waals surface area contributed by atoms with Crippen molar-refractivity contribution in [2.24, 2.45) is 0 Å². The second-order valence-corrected chi connectivity index (χ2v) is 11.0. The molecule has 0 spiro atoms. The van der Waals surface area contributed by atoms with Gasteiger partial charge < -0.3 is 9.26 Å². The van der Waals surface area contributed by atoms with Gasteiger partial charge in [-0.3, -0.25) is 9.71 Å². The number of sulfonamides is 1. The van der Waals surface area contributed by atoms with Gasteiger partial charge in [-0.05, 0) is 63.1 Å². The quantitative estimate of drug-likeness (QED) is 0.300. The third-order valence-electron chi connectivity index (χ3n) is 6.90. The van der Waals surface area contributed by atoms with Gasteiger partial charge in [0.15, 0.2) is 5.82 Å². The maximum absolute atomic E-state index is 13.2. The molecule has 1 N–H and O–H groups in total. The standard InChI is InChI=1S/C29H31N3O4S/c1-4-23-17-27(25-10-5-7-11-26(25)30-23)35-18-21-13-15-22(16-14-21)24-9-6-8-12-28(24)37(33,34)32-29-19(2)20(3)36-31-29/h6,8-9,12-17H,4-5,7,10-11,18H2,1-3H3,(H,31,32). The molecule has 5 rings (SSSR count). The highest BCUT2D eigenvalue weighted by molar-refractivity contribution is 7.92. The van der Waals surface area contributed by atoms with Crippen molar-refractivity contribution in [2.45, 2.75) is 64.4 Å². The maximum atomic E-state index is 13.2. The second kappa shape index (κ2) is 10.4. The predicted molar refractivity (Wildman–Crippen MR) is 143 cm³/mol. The number of aryl methyl sites for hydroxylation is 3. The van der Waals surface area contributed by atoms with Gasteiger partial charge in [0.05, 0.1) is 4.90 Å². The minimum absolute atomic E-state index is 0.176. The number of nitrogens with one attached hydrogen (secondary N) is 1. The average Bonchev–Trinajstić information content (AvgIpc) is 3.23. The molecule has 0 radical (unpaired) electrons. The smallest absolute Gasteiger partial charge is 0.263 e. The number of hydrogen-bond donors (Lipinski definition) is 1. The number of anilines is 1. The van der Waals surface area contributed by atoms with Crippen molar-refractivity contribution in [3.8, 4) is 16.9 Å². The Bertz CT molecular complexity index is 1530. The van der Waals surface area contributed by atoms with E-state index in [1.54, 1.807) is 32.0 Å². The van der Waals surface area contributed by atoms with Crippen LogP contribution in [-0.2, 0) is 35.9 Å². The topological polar surface area (TPSA) is 94.3 Å². The molecule has 4 aromatic rings. The average molecular weight is 518 g/mol. The number of ether oxygens (including phenoxy) is 1. The summed E-state index contributed by atoms with van der Waals surface area (Å²) in [4.78, 5) is 4.99. The highest BCUT2D eigenvalue weighted by Crippen LogP contribution is 2.32. The minimum atomic E-state index is -3.88. The van der Waals surface area contributed by atoms with Crippen LogP contribution >= 0.6 is 0 Å². The number of benzene rings is 2. The first kappa shape index (κ1) is 25.0. The first-order chi connectivity index (χ1) is 17.9. The fourth-order valence-corrected chi connectivity index (χ4v) is 5.90. The molecule has 2 heterocycles.